The summed E-state index contributed by atoms with van der Waals surface area (Å²) in [5.74, 6) is 1.74. The zero-order valence-electron chi connectivity index (χ0n) is 17.9. The molecule has 8 heteroatoms. The lowest BCUT2D eigenvalue weighted by Gasteiger charge is -2.27. The third-order valence-corrected chi connectivity index (χ3v) is 4.80. The van der Waals surface area contributed by atoms with Gasteiger partial charge in [-0.1, -0.05) is 13.0 Å². The van der Waals surface area contributed by atoms with Crippen molar-refractivity contribution in [3.8, 4) is 11.5 Å². The van der Waals surface area contributed by atoms with Gasteiger partial charge in [0.25, 0.3) is 5.91 Å². The molecule has 2 rings (SSSR count). The quantitative estimate of drug-likeness (QED) is 0.543. The number of benzene rings is 1. The van der Waals surface area contributed by atoms with E-state index in [9.17, 15) is 4.79 Å². The van der Waals surface area contributed by atoms with E-state index >= 15 is 0 Å². The normalized spacial score (nSPS) is 12.1. The van der Waals surface area contributed by atoms with Gasteiger partial charge in [-0.3, -0.25) is 9.69 Å². The fourth-order valence-corrected chi connectivity index (χ4v) is 2.85. The van der Waals surface area contributed by atoms with E-state index in [-0.39, 0.29) is 17.6 Å². The number of amides is 1. The Balaban J connectivity index is 2.11. The van der Waals surface area contributed by atoms with E-state index in [0.717, 1.165) is 23.5 Å². The fraction of sp³-hybridized carbons (Fsp3) is 0.524. The van der Waals surface area contributed by atoms with Crippen LogP contribution in [0.4, 0.5) is 0 Å². The Labute approximate surface area is 172 Å². The van der Waals surface area contributed by atoms with E-state index in [4.69, 9.17) is 18.6 Å². The number of oxazole rings is 1. The first-order valence-electron chi connectivity index (χ1n) is 9.68. The molecular formula is C21H31N3O5. The second-order valence-corrected chi connectivity index (χ2v) is 6.72. The minimum atomic E-state index is -0.274. The Morgan fingerprint density at radius 3 is 2.69 bits per heavy atom. The molecule has 1 aromatic carbocycles. The first-order chi connectivity index (χ1) is 14.0. The third kappa shape index (κ3) is 6.47. The smallest absolute Gasteiger partial charge is 0.273 e. The van der Waals surface area contributed by atoms with E-state index < -0.39 is 0 Å². The average Bonchev–Trinajstić information content (AvgIpc) is 3.21. The van der Waals surface area contributed by atoms with Crippen LogP contribution < -0.4 is 14.8 Å². The first kappa shape index (κ1) is 22.7. The number of carbonyl (C=O) groups is 1. The molecule has 160 valence electrons. The molecule has 0 saturated carbocycles. The standard InChI is InChI=1S/C21H31N3O5/c1-6-15(2)24(12-16-7-8-17(27-4)11-19(16)28-5)13-20-23-18(14-29-20)21(25)22-9-10-26-3/h7-8,11,14-15H,6,9-10,12-13H2,1-5H3,(H,22,25)/t15-/m0/s1. The summed E-state index contributed by atoms with van der Waals surface area (Å²) in [7, 11) is 4.86. The number of ether oxygens (including phenoxy) is 3. The number of carbonyl (C=O) groups excluding carboxylic acids is 1. The van der Waals surface area contributed by atoms with Gasteiger partial charge in [-0.25, -0.2) is 4.98 Å². The molecule has 2 aromatic rings. The highest BCUT2D eigenvalue weighted by atomic mass is 16.5. The molecule has 0 unspecified atom stereocenters. The molecule has 0 aliphatic rings. The number of nitrogens with one attached hydrogen (secondary N) is 1. The Kier molecular flexibility index (Phi) is 8.95. The van der Waals surface area contributed by atoms with Gasteiger partial charge in [0.05, 0.1) is 27.4 Å². The van der Waals surface area contributed by atoms with Crippen molar-refractivity contribution in [2.75, 3.05) is 34.5 Å². The predicted molar refractivity (Wildman–Crippen MR) is 109 cm³/mol. The van der Waals surface area contributed by atoms with Gasteiger partial charge in [0.1, 0.15) is 17.8 Å². The molecule has 1 atom stereocenters. The summed E-state index contributed by atoms with van der Waals surface area (Å²) in [6.07, 6.45) is 2.35. The van der Waals surface area contributed by atoms with Crippen molar-refractivity contribution < 1.29 is 23.4 Å². The average molecular weight is 405 g/mol. The van der Waals surface area contributed by atoms with Crippen LogP contribution in [0, 0.1) is 0 Å². The summed E-state index contributed by atoms with van der Waals surface area (Å²) in [4.78, 5) is 18.7. The molecule has 0 bridgehead atoms. The van der Waals surface area contributed by atoms with Crippen molar-refractivity contribution >= 4 is 5.91 Å². The lowest BCUT2D eigenvalue weighted by Crippen LogP contribution is -2.32. The Hall–Kier alpha value is -2.58. The van der Waals surface area contributed by atoms with Crippen molar-refractivity contribution in [1.82, 2.24) is 15.2 Å². The lowest BCUT2D eigenvalue weighted by molar-refractivity contribution is 0.0932. The van der Waals surface area contributed by atoms with Crippen LogP contribution in [0.25, 0.3) is 0 Å². The molecule has 0 saturated heterocycles. The fourth-order valence-electron chi connectivity index (χ4n) is 2.85. The van der Waals surface area contributed by atoms with E-state index in [0.29, 0.717) is 32.1 Å². The van der Waals surface area contributed by atoms with Gasteiger partial charge < -0.3 is 23.9 Å². The maximum absolute atomic E-state index is 12.1. The molecule has 0 radical (unpaired) electrons. The number of aromatic nitrogens is 1. The molecule has 8 nitrogen and oxygen atoms in total. The summed E-state index contributed by atoms with van der Waals surface area (Å²) in [6, 6.07) is 6.07. The summed E-state index contributed by atoms with van der Waals surface area (Å²) >= 11 is 0. The lowest BCUT2D eigenvalue weighted by atomic mass is 10.1. The molecule has 1 amide bonds. The summed E-state index contributed by atoms with van der Waals surface area (Å²) < 4.78 is 21.3. The number of methoxy groups -OCH3 is 3. The minimum Gasteiger partial charge on any atom is -0.497 e. The number of nitrogens with zero attached hydrogens (tertiary/aromatic N) is 2. The van der Waals surface area contributed by atoms with Crippen LogP contribution in [0.15, 0.2) is 28.9 Å². The highest BCUT2D eigenvalue weighted by molar-refractivity contribution is 5.91. The molecule has 29 heavy (non-hydrogen) atoms. The van der Waals surface area contributed by atoms with Crippen LogP contribution in [0.2, 0.25) is 0 Å². The third-order valence-electron chi connectivity index (χ3n) is 4.80. The molecule has 0 aliphatic carbocycles. The van der Waals surface area contributed by atoms with Gasteiger partial charge in [0.2, 0.25) is 5.89 Å². The van der Waals surface area contributed by atoms with Gasteiger partial charge in [-0.2, -0.15) is 0 Å². The van der Waals surface area contributed by atoms with Crippen LogP contribution in [0.3, 0.4) is 0 Å². The summed E-state index contributed by atoms with van der Waals surface area (Å²) in [5, 5.41) is 2.74. The summed E-state index contributed by atoms with van der Waals surface area (Å²) in [6.45, 7) is 6.29. The van der Waals surface area contributed by atoms with Crippen molar-refractivity contribution in [1.29, 1.82) is 0 Å². The second-order valence-electron chi connectivity index (χ2n) is 6.72. The molecule has 0 fully saturated rings. The van der Waals surface area contributed by atoms with Gasteiger partial charge in [0, 0.05) is 37.9 Å². The molecule has 1 aromatic heterocycles. The monoisotopic (exact) mass is 405 g/mol. The van der Waals surface area contributed by atoms with Crippen LogP contribution >= 0.6 is 0 Å². The van der Waals surface area contributed by atoms with Gasteiger partial charge in [-0.05, 0) is 19.4 Å². The van der Waals surface area contributed by atoms with Crippen molar-refractivity contribution in [3.63, 3.8) is 0 Å². The van der Waals surface area contributed by atoms with Crippen LogP contribution in [-0.4, -0.2) is 56.3 Å². The van der Waals surface area contributed by atoms with E-state index in [2.05, 4.69) is 29.0 Å². The maximum atomic E-state index is 12.1. The van der Waals surface area contributed by atoms with Gasteiger partial charge >= 0.3 is 0 Å². The number of hydrogen-bond donors (Lipinski definition) is 1. The topological polar surface area (TPSA) is 86.1 Å². The SMILES string of the molecule is CC[C@H](C)N(Cc1nc(C(=O)NCCOC)co1)Cc1ccc(OC)cc1OC. The largest absolute Gasteiger partial charge is 0.497 e. The predicted octanol–water partition coefficient (Wildman–Crippen LogP) is 2.87. The van der Waals surface area contributed by atoms with Crippen LogP contribution in [0.5, 0.6) is 11.5 Å². The van der Waals surface area contributed by atoms with E-state index in [1.807, 2.05) is 18.2 Å². The first-order valence-corrected chi connectivity index (χ1v) is 9.68. The second kappa shape index (κ2) is 11.4. The zero-order chi connectivity index (χ0) is 21.2. The summed E-state index contributed by atoms with van der Waals surface area (Å²) in [5.41, 5.74) is 1.31. The molecule has 0 aliphatic heterocycles. The minimum absolute atomic E-state index is 0.266. The van der Waals surface area contributed by atoms with Gasteiger partial charge in [-0.15, -0.1) is 0 Å². The number of rotatable bonds is 12. The maximum Gasteiger partial charge on any atom is 0.273 e. The van der Waals surface area contributed by atoms with Crippen molar-refractivity contribution in [3.05, 3.63) is 41.6 Å². The van der Waals surface area contributed by atoms with Crippen LogP contribution in [-0.2, 0) is 17.8 Å². The van der Waals surface area contributed by atoms with Crippen molar-refractivity contribution in [2.24, 2.45) is 0 Å². The molecule has 1 N–H and O–H groups in total. The highest BCUT2D eigenvalue weighted by Gasteiger charge is 2.20. The Bertz CT molecular complexity index is 777. The molecular weight excluding hydrogens is 374 g/mol. The van der Waals surface area contributed by atoms with E-state index in [1.54, 1.807) is 21.3 Å². The highest BCUT2D eigenvalue weighted by Crippen LogP contribution is 2.27. The zero-order valence-corrected chi connectivity index (χ0v) is 17.9. The number of hydrogen-bond acceptors (Lipinski definition) is 7. The van der Waals surface area contributed by atoms with Gasteiger partial charge in [0.15, 0.2) is 5.69 Å². The van der Waals surface area contributed by atoms with Crippen molar-refractivity contribution in [2.45, 2.75) is 39.4 Å². The van der Waals surface area contributed by atoms with E-state index in [1.165, 1.54) is 6.26 Å². The molecule has 0 spiro atoms. The Morgan fingerprint density at radius 2 is 2.03 bits per heavy atom. The van der Waals surface area contributed by atoms with Crippen LogP contribution in [0.1, 0.15) is 42.2 Å². The Morgan fingerprint density at radius 1 is 1.24 bits per heavy atom. The molecule has 1 heterocycles.